The Bertz CT molecular complexity index is 5100. The van der Waals surface area contributed by atoms with Crippen LogP contribution >= 0.6 is 63.7 Å². The number of benzene rings is 11. The number of hydrogen-bond donors (Lipinski definition) is 0. The van der Waals surface area contributed by atoms with Crippen molar-refractivity contribution in [3.63, 3.8) is 0 Å². The van der Waals surface area contributed by atoms with Gasteiger partial charge in [-0.3, -0.25) is 0 Å². The third-order valence-electron chi connectivity index (χ3n) is 27.7. The van der Waals surface area contributed by atoms with Crippen molar-refractivity contribution in [3.8, 4) is 22.3 Å². The Balaban J connectivity index is 0.000000174. The van der Waals surface area contributed by atoms with Crippen LogP contribution < -0.4 is 20.7 Å². The fourth-order valence-corrected chi connectivity index (χ4v) is 21.6. The average Bonchev–Trinajstić information content (AvgIpc) is 1.58. The Morgan fingerprint density at radius 3 is 0.781 bits per heavy atom. The highest BCUT2D eigenvalue weighted by Gasteiger charge is 2.46. The van der Waals surface area contributed by atoms with Gasteiger partial charge in [0.1, 0.15) is 0 Å². The van der Waals surface area contributed by atoms with Gasteiger partial charge in [0, 0.05) is 73.0 Å². The van der Waals surface area contributed by atoms with Crippen LogP contribution in [0.5, 0.6) is 0 Å². The van der Waals surface area contributed by atoms with E-state index in [0.717, 1.165) is 42.6 Å². The maximum atomic E-state index is 5.95. The molecule has 0 unspecified atom stereocenters. The van der Waals surface area contributed by atoms with Crippen LogP contribution in [-0.4, -0.2) is 40.7 Å². The van der Waals surface area contributed by atoms with Gasteiger partial charge in [-0.1, -0.05) is 426 Å². The second-order valence-corrected chi connectivity index (χ2v) is 45.0. The van der Waals surface area contributed by atoms with E-state index in [9.17, 15) is 0 Å². The maximum absolute atomic E-state index is 5.95. The smallest absolute Gasteiger partial charge is 0.405 e. The molecule has 6 nitrogen and oxygen atoms in total. The minimum Gasteiger partial charge on any atom is -0.405 e. The van der Waals surface area contributed by atoms with Gasteiger partial charge in [-0.25, -0.2) is 0 Å². The summed E-state index contributed by atoms with van der Waals surface area (Å²) in [4.78, 5) is 4.97. The molecule has 2 aliphatic carbocycles. The molecule has 2 fully saturated rings. The summed E-state index contributed by atoms with van der Waals surface area (Å²) in [5.41, 5.74) is 26.3. The van der Waals surface area contributed by atoms with Crippen molar-refractivity contribution in [1.82, 2.24) is 0 Å². The van der Waals surface area contributed by atoms with E-state index in [2.05, 4.69) is 391 Å². The van der Waals surface area contributed by atoms with Gasteiger partial charge in [0.05, 0.1) is 37.8 Å². The van der Waals surface area contributed by atoms with Gasteiger partial charge in [-0.2, -0.15) is 0 Å². The second kappa shape index (κ2) is 45.0. The molecule has 0 bridgehead atoms. The van der Waals surface area contributed by atoms with E-state index in [1.165, 1.54) is 277 Å². The fourth-order valence-electron chi connectivity index (χ4n) is 20.3. The summed E-state index contributed by atoms with van der Waals surface area (Å²) >= 11 is 15.1. The number of nitrogens with zero attached hydrogens (tertiary/aromatic N) is 2. The molecular weight excluding hydrogens is 1830 g/mol. The van der Waals surface area contributed by atoms with E-state index in [4.69, 9.17) is 18.6 Å². The molecule has 15 rings (SSSR count). The van der Waals surface area contributed by atoms with Gasteiger partial charge < -0.3 is 28.4 Å². The lowest BCUT2D eigenvalue weighted by molar-refractivity contribution is 0.365. The molecule has 4 aliphatic rings. The number of fused-ring (bicyclic) bond motifs is 8. The van der Waals surface area contributed by atoms with Crippen LogP contribution in [0.3, 0.4) is 0 Å². The highest BCUT2D eigenvalue weighted by Crippen LogP contribution is 2.58. The average molecular weight is 1970 g/mol. The third kappa shape index (κ3) is 23.8. The minimum absolute atomic E-state index is 0.0173. The van der Waals surface area contributed by atoms with E-state index < -0.39 is 0 Å². The Kier molecular flexibility index (Phi) is 34.8. The topological polar surface area (TPSA) is 43.4 Å². The van der Waals surface area contributed by atoms with Crippen LogP contribution in [0.15, 0.2) is 224 Å². The van der Waals surface area contributed by atoms with Gasteiger partial charge in [0.25, 0.3) is 0 Å². The van der Waals surface area contributed by atoms with Crippen molar-refractivity contribution >= 4 is 145 Å². The minimum atomic E-state index is -0.240. The highest BCUT2D eigenvalue weighted by molar-refractivity contribution is 9.11. The molecule has 11 aromatic carbocycles. The number of unbranched alkanes of at least 4 members (excludes halogenated alkanes) is 20. The van der Waals surface area contributed by atoms with Crippen LogP contribution in [0.2, 0.25) is 0 Å². The van der Waals surface area contributed by atoms with E-state index in [0.29, 0.717) is 26.4 Å². The molecular formula is C116H146B2Br4N2O4. The monoisotopic (exact) mass is 1970 g/mol. The first-order valence-electron chi connectivity index (χ1n) is 49.2. The maximum Gasteiger partial charge on any atom is 0.494 e. The lowest BCUT2D eigenvalue weighted by atomic mass is 9.67. The van der Waals surface area contributed by atoms with Crippen molar-refractivity contribution in [3.05, 3.63) is 269 Å². The van der Waals surface area contributed by atoms with E-state index in [1.807, 2.05) is 0 Å². The zero-order valence-corrected chi connectivity index (χ0v) is 86.8. The molecule has 0 aromatic heterocycles. The quantitative estimate of drug-likeness (QED) is 0.0169. The molecule has 2 saturated heterocycles. The van der Waals surface area contributed by atoms with E-state index in [1.54, 1.807) is 11.1 Å². The summed E-state index contributed by atoms with van der Waals surface area (Å²) in [5, 5.41) is 4.79. The number of hydrogen-bond acceptors (Lipinski definition) is 6. The van der Waals surface area contributed by atoms with Crippen molar-refractivity contribution in [2.75, 3.05) is 36.2 Å². The van der Waals surface area contributed by atoms with Gasteiger partial charge in [0.15, 0.2) is 0 Å². The Morgan fingerprint density at radius 1 is 0.258 bits per heavy atom. The lowest BCUT2D eigenvalue weighted by Gasteiger charge is -2.34. The molecule has 0 N–H and O–H groups in total. The Labute approximate surface area is 806 Å². The van der Waals surface area contributed by atoms with Crippen LogP contribution in [0.1, 0.15) is 335 Å². The van der Waals surface area contributed by atoms with E-state index in [-0.39, 0.29) is 46.7 Å². The SMILES string of the molecule is CC(C)(C)c1ccc(N(c2ccc(Br)cc2)c2c3ccc(C(C)(C)C)cc3c(N(c3ccc(Br)cc3)c3ccc(C(C)(C)C)cc3)c3ccc(C(C)(C)C)cc23)cc1.CCCCCCCCC1(CCCCCCCC)c2cc(B3OCCO3)ccc2-c2ccc(B3OCCO3)cc21.CCCCCCCCC1(CCCCCCCC)c2cc(Br)ccc2-c2ccc(Br)cc21. The summed E-state index contributed by atoms with van der Waals surface area (Å²) in [5.74, 6) is 0. The second-order valence-electron chi connectivity index (χ2n) is 41.3. The van der Waals surface area contributed by atoms with E-state index >= 15 is 0 Å². The molecule has 0 saturated carbocycles. The largest absolute Gasteiger partial charge is 0.494 e. The zero-order valence-electron chi connectivity index (χ0n) is 80.5. The third-order valence-corrected chi connectivity index (χ3v) is 29.7. The molecule has 0 atom stereocenters. The van der Waals surface area contributed by atoms with Gasteiger partial charge in [-0.05, 0) is 234 Å². The molecule has 0 radical (unpaired) electrons. The van der Waals surface area contributed by atoms with Crippen LogP contribution in [0.25, 0.3) is 43.8 Å². The normalized spacial score (nSPS) is 14.5. The Morgan fingerprint density at radius 2 is 0.500 bits per heavy atom. The molecule has 12 heteroatoms. The zero-order chi connectivity index (χ0) is 91.0. The van der Waals surface area contributed by atoms with Crippen LogP contribution in [-0.2, 0) is 51.1 Å². The number of rotatable bonds is 36. The summed E-state index contributed by atoms with van der Waals surface area (Å²) in [6, 6.07) is 78.3. The van der Waals surface area contributed by atoms with Crippen molar-refractivity contribution < 1.29 is 18.6 Å². The number of anilines is 6. The lowest BCUT2D eigenvalue weighted by Crippen LogP contribution is -2.35. The first-order chi connectivity index (χ1) is 61.5. The fraction of sp³-hybridized carbons (Fsp3) is 0.466. The molecule has 2 aliphatic heterocycles. The van der Waals surface area contributed by atoms with Crippen molar-refractivity contribution in [2.24, 2.45) is 0 Å². The van der Waals surface area contributed by atoms with Gasteiger partial charge >= 0.3 is 14.2 Å². The molecule has 2 heterocycles. The summed E-state index contributed by atoms with van der Waals surface area (Å²) in [6.07, 6.45) is 37.2. The van der Waals surface area contributed by atoms with Crippen LogP contribution in [0, 0.1) is 0 Å². The highest BCUT2D eigenvalue weighted by atomic mass is 79.9. The van der Waals surface area contributed by atoms with Gasteiger partial charge in [-0.15, -0.1) is 0 Å². The van der Waals surface area contributed by atoms with Crippen molar-refractivity contribution in [1.29, 1.82) is 0 Å². The molecule has 0 amide bonds. The van der Waals surface area contributed by atoms with Crippen molar-refractivity contribution in [2.45, 2.75) is 323 Å². The predicted molar refractivity (Wildman–Crippen MR) is 568 cm³/mol. The van der Waals surface area contributed by atoms with Gasteiger partial charge in [0.2, 0.25) is 0 Å². The predicted octanol–water partition coefficient (Wildman–Crippen LogP) is 35.6. The Hall–Kier alpha value is -6.57. The number of halogens is 4. The molecule has 678 valence electrons. The molecule has 128 heavy (non-hydrogen) atoms. The molecule has 11 aromatic rings. The summed E-state index contributed by atoms with van der Waals surface area (Å²) in [6.45, 7) is 39.5. The first kappa shape index (κ1) is 98.9. The summed E-state index contributed by atoms with van der Waals surface area (Å²) in [7, 11) is -0.480. The van der Waals surface area contributed by atoms with Crippen LogP contribution in [0.4, 0.5) is 34.1 Å². The summed E-state index contributed by atoms with van der Waals surface area (Å²) < 4.78 is 28.3. The first-order valence-corrected chi connectivity index (χ1v) is 52.4. The standard InChI is InChI=1S/C54H58Br2N2.C33H48B2O4.C29H40Br2/c1-51(2,3)35-13-23-41(24-14-35)57(43-27-19-39(55)20-28-43)49-45-31-17-38(54(10,11)12)34-48(45)50(46-32-18-37(33-47(46)49)53(7,8)9)58(44-29-21-40(56)22-30-44)42-25-15-36(16-26-42)52(4,5)6;1-3-5-7-9-11-13-19-33(20-14-12-10-8-6-4-2)31-25-27(34-36-21-22-37-34)15-17-29(31)30-18-16-28(26-32(30)33)35-38-23-24-39-35;1-3-5-7-9-11-13-19-29(20-14-12-10-8-6-4-2)27-21-23(30)15-17-25(27)26-18-16-24(31)22-28(26)29/h13-34H,1-12H3;15-18,25-26H,3-14,19-24H2,1-2H3;15-18,21-22H,3-14,19-20H2,1-2H3. The molecule has 0 spiro atoms.